The lowest BCUT2D eigenvalue weighted by molar-refractivity contribution is 0.104. The molecular formula is C18H16O5. The Hall–Kier alpha value is -2.95. The summed E-state index contributed by atoms with van der Waals surface area (Å²) in [6, 6.07) is 10.6. The van der Waals surface area contributed by atoms with Gasteiger partial charge in [-0.3, -0.25) is 4.79 Å². The van der Waals surface area contributed by atoms with Gasteiger partial charge in [-0.2, -0.15) is 0 Å². The minimum Gasteiger partial charge on any atom is -0.493 e. The lowest BCUT2D eigenvalue weighted by atomic mass is 10.1. The van der Waals surface area contributed by atoms with Gasteiger partial charge in [0.25, 0.3) is 0 Å². The number of methoxy groups -OCH3 is 2. The van der Waals surface area contributed by atoms with E-state index in [9.17, 15) is 4.79 Å². The zero-order valence-corrected chi connectivity index (χ0v) is 12.9. The lowest BCUT2D eigenvalue weighted by Crippen LogP contribution is -1.97. The van der Waals surface area contributed by atoms with Gasteiger partial charge in [-0.1, -0.05) is 12.1 Å². The molecule has 2 aromatic rings. The quantitative estimate of drug-likeness (QED) is 0.626. The van der Waals surface area contributed by atoms with Crippen molar-refractivity contribution in [2.45, 2.75) is 0 Å². The Morgan fingerprint density at radius 1 is 1.00 bits per heavy atom. The first kappa shape index (κ1) is 15.0. The number of benzene rings is 2. The van der Waals surface area contributed by atoms with E-state index in [-0.39, 0.29) is 12.6 Å². The van der Waals surface area contributed by atoms with Crippen LogP contribution in [0.3, 0.4) is 0 Å². The third-order valence-electron chi connectivity index (χ3n) is 3.49. The molecule has 118 valence electrons. The summed E-state index contributed by atoms with van der Waals surface area (Å²) in [5.74, 6) is 2.39. The number of ether oxygens (including phenoxy) is 4. The van der Waals surface area contributed by atoms with Crippen LogP contribution in [0.15, 0.2) is 42.5 Å². The number of fused-ring (bicyclic) bond motifs is 1. The van der Waals surface area contributed by atoms with E-state index in [2.05, 4.69) is 0 Å². The number of carbonyl (C=O) groups is 1. The van der Waals surface area contributed by atoms with E-state index in [0.29, 0.717) is 28.6 Å². The lowest BCUT2D eigenvalue weighted by Gasteiger charge is -2.08. The first-order valence-corrected chi connectivity index (χ1v) is 7.05. The molecule has 0 N–H and O–H groups in total. The van der Waals surface area contributed by atoms with Crippen molar-refractivity contribution in [1.29, 1.82) is 0 Å². The van der Waals surface area contributed by atoms with Crippen molar-refractivity contribution in [1.82, 2.24) is 0 Å². The third-order valence-corrected chi connectivity index (χ3v) is 3.49. The Labute approximate surface area is 134 Å². The minimum atomic E-state index is -0.122. The summed E-state index contributed by atoms with van der Waals surface area (Å²) in [5.41, 5.74) is 1.39. The predicted molar refractivity (Wildman–Crippen MR) is 85.5 cm³/mol. The summed E-state index contributed by atoms with van der Waals surface area (Å²) in [7, 11) is 3.09. The van der Waals surface area contributed by atoms with Gasteiger partial charge in [0.05, 0.1) is 14.2 Å². The number of carbonyl (C=O) groups excluding carboxylic acids is 1. The van der Waals surface area contributed by atoms with Crippen LogP contribution in [-0.4, -0.2) is 26.8 Å². The van der Waals surface area contributed by atoms with Gasteiger partial charge in [0.1, 0.15) is 0 Å². The van der Waals surface area contributed by atoms with E-state index >= 15 is 0 Å². The summed E-state index contributed by atoms with van der Waals surface area (Å²) in [6.45, 7) is 0.229. The van der Waals surface area contributed by atoms with Gasteiger partial charge in [-0.05, 0) is 42.0 Å². The summed E-state index contributed by atoms with van der Waals surface area (Å²) in [5, 5.41) is 0. The number of hydrogen-bond donors (Lipinski definition) is 0. The molecule has 23 heavy (non-hydrogen) atoms. The van der Waals surface area contributed by atoms with E-state index in [1.165, 1.54) is 13.2 Å². The fraction of sp³-hybridized carbons (Fsp3) is 0.167. The van der Waals surface area contributed by atoms with E-state index in [4.69, 9.17) is 18.9 Å². The molecule has 1 aliphatic heterocycles. The molecule has 1 aliphatic rings. The Balaban J connectivity index is 1.78. The second kappa shape index (κ2) is 6.44. The highest BCUT2D eigenvalue weighted by Crippen LogP contribution is 2.33. The smallest absolute Gasteiger partial charge is 0.231 e. The topological polar surface area (TPSA) is 54.0 Å². The molecule has 0 amide bonds. The van der Waals surface area contributed by atoms with Crippen molar-refractivity contribution in [3.63, 3.8) is 0 Å². The van der Waals surface area contributed by atoms with Crippen molar-refractivity contribution in [2.75, 3.05) is 21.0 Å². The first-order chi connectivity index (χ1) is 11.2. The molecule has 0 fully saturated rings. The normalized spacial score (nSPS) is 12.4. The molecule has 0 radical (unpaired) electrons. The summed E-state index contributed by atoms with van der Waals surface area (Å²) < 4.78 is 20.9. The van der Waals surface area contributed by atoms with Gasteiger partial charge >= 0.3 is 0 Å². The Bertz CT molecular complexity index is 764. The van der Waals surface area contributed by atoms with Crippen molar-refractivity contribution >= 4 is 11.9 Å². The van der Waals surface area contributed by atoms with Crippen LogP contribution in [0.1, 0.15) is 15.9 Å². The maximum atomic E-state index is 12.3. The van der Waals surface area contributed by atoms with Gasteiger partial charge in [-0.25, -0.2) is 0 Å². The van der Waals surface area contributed by atoms with Gasteiger partial charge in [0, 0.05) is 5.56 Å². The Morgan fingerprint density at radius 3 is 2.57 bits per heavy atom. The molecule has 5 nitrogen and oxygen atoms in total. The highest BCUT2D eigenvalue weighted by atomic mass is 16.7. The molecule has 0 bridgehead atoms. The van der Waals surface area contributed by atoms with Crippen LogP contribution < -0.4 is 18.9 Å². The highest BCUT2D eigenvalue weighted by molar-refractivity contribution is 6.07. The molecule has 3 rings (SSSR count). The average molecular weight is 312 g/mol. The monoisotopic (exact) mass is 312 g/mol. The molecular weight excluding hydrogens is 296 g/mol. The van der Waals surface area contributed by atoms with Gasteiger partial charge in [-0.15, -0.1) is 0 Å². The SMILES string of the molecule is COc1ccc(C(=O)/C=C/c2ccc3c(c2)OCO3)cc1OC. The molecule has 1 heterocycles. The zero-order valence-electron chi connectivity index (χ0n) is 12.9. The van der Waals surface area contributed by atoms with Crippen molar-refractivity contribution < 1.29 is 23.7 Å². The fourth-order valence-electron chi connectivity index (χ4n) is 2.27. The van der Waals surface area contributed by atoms with Crippen LogP contribution in [0.5, 0.6) is 23.0 Å². The second-order valence-electron chi connectivity index (χ2n) is 4.88. The van der Waals surface area contributed by atoms with Crippen molar-refractivity contribution in [3.05, 3.63) is 53.6 Å². The maximum absolute atomic E-state index is 12.3. The summed E-state index contributed by atoms with van der Waals surface area (Å²) in [6.07, 6.45) is 3.25. The first-order valence-electron chi connectivity index (χ1n) is 7.05. The van der Waals surface area contributed by atoms with Crippen LogP contribution >= 0.6 is 0 Å². The Morgan fingerprint density at radius 2 is 1.78 bits per heavy atom. The molecule has 0 atom stereocenters. The molecule has 2 aromatic carbocycles. The number of hydrogen-bond acceptors (Lipinski definition) is 5. The van der Waals surface area contributed by atoms with Gasteiger partial charge in [0.15, 0.2) is 28.8 Å². The molecule has 0 saturated heterocycles. The van der Waals surface area contributed by atoms with Gasteiger partial charge < -0.3 is 18.9 Å². The molecule has 0 aromatic heterocycles. The third kappa shape index (κ3) is 3.13. The van der Waals surface area contributed by atoms with Crippen LogP contribution in [0, 0.1) is 0 Å². The number of allylic oxidation sites excluding steroid dienone is 1. The standard InChI is InChI=1S/C18H16O5/c1-20-15-8-5-13(10-17(15)21-2)14(19)6-3-12-4-7-16-18(9-12)23-11-22-16/h3-10H,11H2,1-2H3/b6-3+. The maximum Gasteiger partial charge on any atom is 0.231 e. The van der Waals surface area contributed by atoms with Crippen molar-refractivity contribution in [2.24, 2.45) is 0 Å². The summed E-state index contributed by atoms with van der Waals surface area (Å²) in [4.78, 5) is 12.3. The van der Waals surface area contributed by atoms with Crippen LogP contribution in [0.2, 0.25) is 0 Å². The van der Waals surface area contributed by atoms with E-state index in [0.717, 1.165) is 5.56 Å². The van der Waals surface area contributed by atoms with Crippen LogP contribution in [0.25, 0.3) is 6.08 Å². The Kier molecular flexibility index (Phi) is 4.19. The molecule has 0 spiro atoms. The van der Waals surface area contributed by atoms with E-state index < -0.39 is 0 Å². The molecule has 0 saturated carbocycles. The fourth-order valence-corrected chi connectivity index (χ4v) is 2.27. The number of ketones is 1. The zero-order chi connectivity index (χ0) is 16.2. The van der Waals surface area contributed by atoms with E-state index in [1.807, 2.05) is 18.2 Å². The molecule has 5 heteroatoms. The average Bonchev–Trinajstić information content (AvgIpc) is 3.06. The largest absolute Gasteiger partial charge is 0.493 e. The van der Waals surface area contributed by atoms with Crippen LogP contribution in [0.4, 0.5) is 0 Å². The highest BCUT2D eigenvalue weighted by Gasteiger charge is 2.13. The molecule has 0 unspecified atom stereocenters. The summed E-state index contributed by atoms with van der Waals surface area (Å²) >= 11 is 0. The van der Waals surface area contributed by atoms with Crippen molar-refractivity contribution in [3.8, 4) is 23.0 Å². The van der Waals surface area contributed by atoms with E-state index in [1.54, 1.807) is 31.4 Å². The predicted octanol–water partition coefficient (Wildman–Crippen LogP) is 3.33. The number of rotatable bonds is 5. The molecule has 0 aliphatic carbocycles. The second-order valence-corrected chi connectivity index (χ2v) is 4.88. The van der Waals surface area contributed by atoms with Crippen LogP contribution in [-0.2, 0) is 0 Å². The minimum absolute atomic E-state index is 0.122. The van der Waals surface area contributed by atoms with Gasteiger partial charge in [0.2, 0.25) is 6.79 Å².